The quantitative estimate of drug-likeness (QED) is 0.766. The van der Waals surface area contributed by atoms with Gasteiger partial charge in [0.25, 0.3) is 0 Å². The summed E-state index contributed by atoms with van der Waals surface area (Å²) in [6.07, 6.45) is 4.75. The number of hydrogen-bond acceptors (Lipinski definition) is 4. The first kappa shape index (κ1) is 12.9. The Labute approximate surface area is 128 Å². The van der Waals surface area contributed by atoms with Crippen LogP contribution in [0.2, 0.25) is 0 Å². The van der Waals surface area contributed by atoms with E-state index < -0.39 is 0 Å². The zero-order chi connectivity index (χ0) is 15.1. The van der Waals surface area contributed by atoms with Crippen LogP contribution in [0, 0.1) is 0 Å². The Morgan fingerprint density at radius 1 is 1.45 bits per heavy atom. The highest BCUT2D eigenvalue weighted by Gasteiger charge is 2.32. The normalized spacial score (nSPS) is 17.5. The van der Waals surface area contributed by atoms with Crippen molar-refractivity contribution in [1.82, 2.24) is 20.9 Å². The number of rotatable bonds is 2. The monoisotopic (exact) mass is 295 g/mol. The zero-order valence-corrected chi connectivity index (χ0v) is 12.3. The number of aliphatic imine (C=N–C) groups is 1. The highest BCUT2D eigenvalue weighted by atomic mass is 16.2. The van der Waals surface area contributed by atoms with E-state index in [0.717, 1.165) is 30.0 Å². The Hall–Kier alpha value is -2.76. The second-order valence-corrected chi connectivity index (χ2v) is 5.44. The number of benzene rings is 1. The van der Waals surface area contributed by atoms with E-state index in [-0.39, 0.29) is 6.03 Å². The van der Waals surface area contributed by atoms with Gasteiger partial charge in [0.15, 0.2) is 0 Å². The molecule has 112 valence electrons. The predicted molar refractivity (Wildman–Crippen MR) is 84.8 cm³/mol. The molecule has 0 aromatic heterocycles. The van der Waals surface area contributed by atoms with Gasteiger partial charge in [-0.25, -0.2) is 9.79 Å². The van der Waals surface area contributed by atoms with E-state index in [0.29, 0.717) is 6.54 Å². The van der Waals surface area contributed by atoms with Crippen LogP contribution < -0.4 is 16.0 Å². The summed E-state index contributed by atoms with van der Waals surface area (Å²) in [4.78, 5) is 18.0. The van der Waals surface area contributed by atoms with Crippen LogP contribution in [0.3, 0.4) is 0 Å². The summed E-state index contributed by atoms with van der Waals surface area (Å²) < 4.78 is 0. The molecule has 2 amide bonds. The van der Waals surface area contributed by atoms with E-state index in [2.05, 4.69) is 38.0 Å². The number of urea groups is 1. The van der Waals surface area contributed by atoms with E-state index in [9.17, 15) is 4.79 Å². The van der Waals surface area contributed by atoms with Gasteiger partial charge in [0.2, 0.25) is 0 Å². The molecule has 0 fully saturated rings. The molecule has 2 heterocycles. The van der Waals surface area contributed by atoms with Crippen LogP contribution in [0.1, 0.15) is 16.7 Å². The number of allylic oxidation sites excluding steroid dienone is 1. The average Bonchev–Trinajstić information content (AvgIpc) is 3.16. The van der Waals surface area contributed by atoms with Crippen molar-refractivity contribution in [2.75, 3.05) is 13.6 Å². The van der Waals surface area contributed by atoms with Crippen LogP contribution in [0.5, 0.6) is 0 Å². The SMILES string of the molecule is CNC(=O)NCc1cccc2c1CC1=C2NC=C2N=CCN21. The maximum atomic E-state index is 11.4. The minimum absolute atomic E-state index is 0.164. The zero-order valence-electron chi connectivity index (χ0n) is 12.3. The molecule has 1 aromatic carbocycles. The van der Waals surface area contributed by atoms with Gasteiger partial charge in [-0.1, -0.05) is 18.2 Å². The number of hydrogen-bond donors (Lipinski definition) is 3. The van der Waals surface area contributed by atoms with E-state index in [1.54, 1.807) is 7.05 Å². The standard InChI is InChI=1S/C16H17N5O/c1-17-16(22)20-8-10-3-2-4-11-12(10)7-13-15(11)19-9-14-18-5-6-21(13)14/h2-5,9,19H,6-8H2,1H3,(H2,17,20,22). The van der Waals surface area contributed by atoms with Gasteiger partial charge in [-0.2, -0.15) is 0 Å². The number of carbonyl (C=O) groups excluding carboxylic acids is 1. The van der Waals surface area contributed by atoms with Gasteiger partial charge in [0.1, 0.15) is 5.82 Å². The fourth-order valence-electron chi connectivity index (χ4n) is 3.19. The van der Waals surface area contributed by atoms with Crippen molar-refractivity contribution in [3.05, 3.63) is 52.6 Å². The summed E-state index contributed by atoms with van der Waals surface area (Å²) in [5.74, 6) is 0.969. The fraction of sp³-hybridized carbons (Fsp3) is 0.250. The molecule has 3 N–H and O–H groups in total. The molecule has 4 rings (SSSR count). The Kier molecular flexibility index (Phi) is 2.89. The third-order valence-corrected chi connectivity index (χ3v) is 4.28. The van der Waals surface area contributed by atoms with Gasteiger partial charge in [0, 0.05) is 43.7 Å². The summed E-state index contributed by atoms with van der Waals surface area (Å²) in [6, 6.07) is 6.08. The third-order valence-electron chi connectivity index (χ3n) is 4.28. The van der Waals surface area contributed by atoms with Gasteiger partial charge in [-0.3, -0.25) is 0 Å². The average molecular weight is 295 g/mol. The van der Waals surface area contributed by atoms with Gasteiger partial charge in [0.05, 0.1) is 12.2 Å². The van der Waals surface area contributed by atoms with Crippen LogP contribution in [-0.4, -0.2) is 30.7 Å². The number of nitrogens with zero attached hydrogens (tertiary/aromatic N) is 2. The Balaban J connectivity index is 1.63. The van der Waals surface area contributed by atoms with E-state index in [4.69, 9.17) is 0 Å². The van der Waals surface area contributed by atoms with Crippen LogP contribution in [0.15, 0.2) is 40.9 Å². The lowest BCUT2D eigenvalue weighted by Crippen LogP contribution is -2.32. The number of amides is 2. The van der Waals surface area contributed by atoms with Gasteiger partial charge in [-0.05, 0) is 11.1 Å². The predicted octanol–water partition coefficient (Wildman–Crippen LogP) is 1.13. The first-order valence-electron chi connectivity index (χ1n) is 7.34. The van der Waals surface area contributed by atoms with Crippen molar-refractivity contribution in [2.24, 2.45) is 4.99 Å². The first-order chi connectivity index (χ1) is 10.8. The number of nitrogens with one attached hydrogen (secondary N) is 3. The molecule has 0 saturated heterocycles. The fourth-order valence-corrected chi connectivity index (χ4v) is 3.19. The molecular formula is C16H17N5O. The van der Waals surface area contributed by atoms with Crippen LogP contribution in [0.4, 0.5) is 4.79 Å². The minimum Gasteiger partial charge on any atom is -0.357 e. The molecule has 0 radical (unpaired) electrons. The Morgan fingerprint density at radius 3 is 3.23 bits per heavy atom. The minimum atomic E-state index is -0.164. The molecule has 0 saturated carbocycles. The van der Waals surface area contributed by atoms with Crippen molar-refractivity contribution < 1.29 is 4.79 Å². The molecule has 6 heteroatoms. The smallest absolute Gasteiger partial charge is 0.314 e. The molecule has 0 unspecified atom stereocenters. The molecule has 0 spiro atoms. The summed E-state index contributed by atoms with van der Waals surface area (Å²) in [7, 11) is 1.62. The highest BCUT2D eigenvalue weighted by molar-refractivity contribution is 5.80. The molecule has 6 nitrogen and oxygen atoms in total. The van der Waals surface area contributed by atoms with Crippen LogP contribution in [0.25, 0.3) is 5.70 Å². The van der Waals surface area contributed by atoms with Crippen molar-refractivity contribution in [3.63, 3.8) is 0 Å². The van der Waals surface area contributed by atoms with Crippen molar-refractivity contribution >= 4 is 17.9 Å². The maximum Gasteiger partial charge on any atom is 0.314 e. The van der Waals surface area contributed by atoms with Crippen molar-refractivity contribution in [2.45, 2.75) is 13.0 Å². The molecule has 0 bridgehead atoms. The molecule has 1 aliphatic carbocycles. The van der Waals surface area contributed by atoms with Crippen molar-refractivity contribution in [1.29, 1.82) is 0 Å². The second-order valence-electron chi connectivity index (χ2n) is 5.44. The van der Waals surface area contributed by atoms with Gasteiger partial charge < -0.3 is 20.9 Å². The van der Waals surface area contributed by atoms with E-state index in [1.165, 1.54) is 16.8 Å². The van der Waals surface area contributed by atoms with E-state index in [1.807, 2.05) is 18.5 Å². The molecule has 1 aromatic rings. The first-order valence-corrected chi connectivity index (χ1v) is 7.34. The molecule has 2 aliphatic heterocycles. The topological polar surface area (TPSA) is 68.8 Å². The van der Waals surface area contributed by atoms with E-state index >= 15 is 0 Å². The van der Waals surface area contributed by atoms with Crippen LogP contribution >= 0.6 is 0 Å². The Bertz CT molecular complexity index is 747. The summed E-state index contributed by atoms with van der Waals surface area (Å²) >= 11 is 0. The molecular weight excluding hydrogens is 278 g/mol. The molecule has 0 atom stereocenters. The molecule has 3 aliphatic rings. The summed E-state index contributed by atoms with van der Waals surface area (Å²) in [6.45, 7) is 1.35. The lowest BCUT2D eigenvalue weighted by Gasteiger charge is -2.25. The Morgan fingerprint density at radius 2 is 2.36 bits per heavy atom. The van der Waals surface area contributed by atoms with Gasteiger partial charge >= 0.3 is 6.03 Å². The lowest BCUT2D eigenvalue weighted by molar-refractivity contribution is 0.242. The second kappa shape index (κ2) is 4.91. The summed E-state index contributed by atoms with van der Waals surface area (Å²) in [5.41, 5.74) is 6.06. The third kappa shape index (κ3) is 1.88. The van der Waals surface area contributed by atoms with Crippen LogP contribution in [-0.2, 0) is 13.0 Å². The highest BCUT2D eigenvalue weighted by Crippen LogP contribution is 2.39. The number of carbonyl (C=O) groups is 1. The number of fused-ring (bicyclic) bond motifs is 4. The van der Waals surface area contributed by atoms with Crippen molar-refractivity contribution in [3.8, 4) is 0 Å². The van der Waals surface area contributed by atoms with Gasteiger partial charge in [-0.15, -0.1) is 0 Å². The largest absolute Gasteiger partial charge is 0.357 e. The molecule has 22 heavy (non-hydrogen) atoms. The summed E-state index contributed by atoms with van der Waals surface area (Å²) in [5, 5.41) is 8.82. The maximum absolute atomic E-state index is 11.4. The lowest BCUT2D eigenvalue weighted by atomic mass is 10.0.